The molecule has 0 saturated carbocycles. The number of anilines is 1. The highest BCUT2D eigenvalue weighted by molar-refractivity contribution is 7.29. The number of H-pyrrole nitrogens is 1. The number of methoxy groups -OCH3 is 1. The Morgan fingerprint density at radius 2 is 1.71 bits per heavy atom. The number of halogens is 3. The van der Waals surface area contributed by atoms with Gasteiger partial charge < -0.3 is 19.4 Å². The maximum atomic E-state index is 13.8. The van der Waals surface area contributed by atoms with E-state index in [-0.39, 0.29) is 30.1 Å². The number of nitrogens with one attached hydrogen (secondary N) is 1. The Labute approximate surface area is 221 Å². The number of benzene rings is 2. The second-order valence-corrected chi connectivity index (χ2v) is 10.2. The van der Waals surface area contributed by atoms with Gasteiger partial charge in [0, 0.05) is 30.6 Å². The number of alkyl halides is 3. The van der Waals surface area contributed by atoms with Gasteiger partial charge in [-0.05, 0) is 71.1 Å². The molecule has 3 aromatic rings. The third kappa shape index (κ3) is 5.77. The lowest BCUT2D eigenvalue weighted by atomic mass is 9.84. The fourth-order valence-electron chi connectivity index (χ4n) is 4.79. The smallest absolute Gasteiger partial charge is 0.497 e. The maximum Gasteiger partial charge on any atom is 0.573 e. The van der Waals surface area contributed by atoms with E-state index in [4.69, 9.17) is 4.74 Å². The minimum atomic E-state index is -4.85. The van der Waals surface area contributed by atoms with Gasteiger partial charge in [0.2, 0.25) is 5.91 Å². The largest absolute Gasteiger partial charge is 0.573 e. The molecule has 1 saturated heterocycles. The number of hydrogen-bond acceptors (Lipinski definition) is 5. The van der Waals surface area contributed by atoms with Gasteiger partial charge in [-0.25, -0.2) is 0 Å². The van der Waals surface area contributed by atoms with Crippen LogP contribution in [0.3, 0.4) is 0 Å². The van der Waals surface area contributed by atoms with Crippen molar-refractivity contribution in [2.24, 2.45) is 5.92 Å². The highest BCUT2D eigenvalue weighted by Crippen LogP contribution is 2.39. The first kappa shape index (κ1) is 27.8. The number of rotatable bonds is 7. The van der Waals surface area contributed by atoms with E-state index >= 15 is 0 Å². The molecule has 2 heterocycles. The molecule has 200 valence electrons. The fourth-order valence-corrected chi connectivity index (χ4v) is 6.05. The average molecular weight is 564 g/mol. The van der Waals surface area contributed by atoms with Gasteiger partial charge in [-0.2, -0.15) is 0 Å². The zero-order valence-corrected chi connectivity index (χ0v) is 22.8. The summed E-state index contributed by atoms with van der Waals surface area (Å²) in [6, 6.07) is 9.88. The number of pyridine rings is 1. The zero-order chi connectivity index (χ0) is 27.8. The van der Waals surface area contributed by atoms with Crippen LogP contribution in [0.5, 0.6) is 11.5 Å². The molecule has 4 atom stereocenters. The number of nitrogens with zero attached hydrogens (tertiary/aromatic N) is 1. The van der Waals surface area contributed by atoms with Gasteiger partial charge in [0.05, 0.1) is 13.0 Å². The van der Waals surface area contributed by atoms with Gasteiger partial charge in [-0.3, -0.25) is 14.4 Å². The van der Waals surface area contributed by atoms with E-state index < -0.39 is 35.3 Å². The number of ether oxygens (including phenoxy) is 2. The Hall–Kier alpha value is -3.22. The summed E-state index contributed by atoms with van der Waals surface area (Å²) in [6.07, 6.45) is -3.56. The molecule has 0 radical (unpaired) electrons. The first-order valence-corrected chi connectivity index (χ1v) is 12.7. The van der Waals surface area contributed by atoms with Crippen molar-refractivity contribution in [2.45, 2.75) is 25.6 Å². The second-order valence-electron chi connectivity index (χ2n) is 8.92. The summed E-state index contributed by atoms with van der Waals surface area (Å²) in [7, 11) is 6.81. The van der Waals surface area contributed by atoms with Crippen LogP contribution in [-0.4, -0.2) is 36.7 Å². The number of ketones is 1. The summed E-state index contributed by atoms with van der Waals surface area (Å²) in [6.45, 7) is 1.89. The van der Waals surface area contributed by atoms with Crippen molar-refractivity contribution in [1.82, 2.24) is 4.98 Å². The van der Waals surface area contributed by atoms with Crippen LogP contribution in [0.1, 0.15) is 33.8 Å². The Balaban J connectivity index is 1.71. The molecule has 1 N–H and O–H groups in total. The summed E-state index contributed by atoms with van der Waals surface area (Å²) in [5.74, 6) is -1.91. The van der Waals surface area contributed by atoms with Crippen molar-refractivity contribution < 1.29 is 32.2 Å². The first-order chi connectivity index (χ1) is 17.9. The predicted octanol–water partition coefficient (Wildman–Crippen LogP) is 3.61. The molecule has 2 unspecified atom stereocenters. The Kier molecular flexibility index (Phi) is 7.96. The topological polar surface area (TPSA) is 88.7 Å². The molecule has 38 heavy (non-hydrogen) atoms. The van der Waals surface area contributed by atoms with Crippen LogP contribution in [0.4, 0.5) is 18.9 Å². The monoisotopic (exact) mass is 564 g/mol. The Morgan fingerprint density at radius 3 is 2.26 bits per heavy atom. The second kappa shape index (κ2) is 10.9. The average Bonchev–Trinajstić information content (AvgIpc) is 3.13. The van der Waals surface area contributed by atoms with Crippen molar-refractivity contribution >= 4 is 46.5 Å². The number of aryl methyl sites for hydroxylation is 1. The lowest BCUT2D eigenvalue weighted by Crippen LogP contribution is -2.33. The number of amides is 1. The van der Waals surface area contributed by atoms with Crippen LogP contribution < -0.4 is 30.5 Å². The molecule has 2 aromatic carbocycles. The highest BCUT2D eigenvalue weighted by Gasteiger charge is 2.45. The number of aromatic nitrogens is 1. The van der Waals surface area contributed by atoms with Crippen LogP contribution in [0.15, 0.2) is 53.5 Å². The van der Waals surface area contributed by atoms with E-state index in [2.05, 4.69) is 28.2 Å². The van der Waals surface area contributed by atoms with Gasteiger partial charge >= 0.3 is 6.36 Å². The summed E-state index contributed by atoms with van der Waals surface area (Å²) in [5, 5.41) is 1.55. The number of Topliss-reactive ketones (excluding diaryl/α,β-unsaturated/α-hetero) is 1. The van der Waals surface area contributed by atoms with E-state index in [0.717, 1.165) is 28.3 Å². The normalized spacial score (nSPS) is 17.6. The number of hydrogen-bond donors (Lipinski definition) is 1. The summed E-state index contributed by atoms with van der Waals surface area (Å²) in [5.41, 5.74) is 1.37. The van der Waals surface area contributed by atoms with Crippen LogP contribution in [0.2, 0.25) is 0 Å². The molecule has 0 bridgehead atoms. The van der Waals surface area contributed by atoms with E-state index in [9.17, 15) is 27.6 Å². The van der Waals surface area contributed by atoms with Crippen molar-refractivity contribution in [2.75, 3.05) is 18.6 Å². The van der Waals surface area contributed by atoms with Gasteiger partial charge in [0.1, 0.15) is 17.2 Å². The molecule has 4 rings (SSSR count). The lowest BCUT2D eigenvalue weighted by molar-refractivity contribution is -0.274. The van der Waals surface area contributed by atoms with Crippen LogP contribution >= 0.6 is 18.5 Å². The van der Waals surface area contributed by atoms with Crippen molar-refractivity contribution in [3.8, 4) is 11.5 Å². The number of carbonyl (C=O) groups is 2. The minimum absolute atomic E-state index is 0.144. The molecule has 0 aliphatic carbocycles. The van der Waals surface area contributed by atoms with Crippen molar-refractivity contribution in [3.63, 3.8) is 0 Å². The molecular formula is C26H25F3N2O5P2. The molecule has 0 spiro atoms. The fraction of sp³-hybridized carbons (Fsp3) is 0.269. The molecular weight excluding hydrogens is 539 g/mol. The van der Waals surface area contributed by atoms with Gasteiger partial charge in [0.15, 0.2) is 5.78 Å². The number of aromatic amines is 1. The van der Waals surface area contributed by atoms with E-state index in [1.165, 1.54) is 23.2 Å². The van der Waals surface area contributed by atoms with Crippen LogP contribution in [0, 0.1) is 12.8 Å². The maximum absolute atomic E-state index is 13.8. The third-order valence-corrected chi connectivity index (χ3v) is 7.45. The van der Waals surface area contributed by atoms with Gasteiger partial charge in [-0.1, -0.05) is 0 Å². The Morgan fingerprint density at radius 1 is 1.08 bits per heavy atom. The standard InChI is InChI=1S/C26H25F3N2O5P2/c1-13-7-8-30-24(33)23(13)31-12-18(22-20(37)9-16(35-2)10-21(22)38)17(25(31)34)11-19(32)14-3-5-15(6-4-14)36-26(27,28)29/h3-10,17-18H,11-12,37-38H2,1-2H3,(H,30,33)/t17-,18+/m0/s1. The number of carbonyl (C=O) groups excluding carboxylic acids is 2. The van der Waals surface area contributed by atoms with E-state index in [1.54, 1.807) is 32.2 Å². The quantitative estimate of drug-likeness (QED) is 0.350. The molecule has 1 aliphatic heterocycles. The van der Waals surface area contributed by atoms with E-state index in [1.807, 2.05) is 0 Å². The molecule has 12 heteroatoms. The Bertz CT molecular complexity index is 1420. The lowest BCUT2D eigenvalue weighted by Gasteiger charge is -2.22. The zero-order valence-electron chi connectivity index (χ0n) is 20.5. The van der Waals surface area contributed by atoms with Crippen molar-refractivity contribution in [1.29, 1.82) is 0 Å². The van der Waals surface area contributed by atoms with Crippen LogP contribution in [-0.2, 0) is 4.79 Å². The highest BCUT2D eigenvalue weighted by atomic mass is 31.0. The summed E-state index contributed by atoms with van der Waals surface area (Å²) in [4.78, 5) is 43.7. The van der Waals surface area contributed by atoms with Crippen molar-refractivity contribution in [3.05, 3.63) is 75.7 Å². The molecule has 1 fully saturated rings. The molecule has 1 aliphatic rings. The first-order valence-electron chi connectivity index (χ1n) is 11.5. The van der Waals surface area contributed by atoms with Crippen LogP contribution in [0.25, 0.3) is 0 Å². The summed E-state index contributed by atoms with van der Waals surface area (Å²) >= 11 is 0. The summed E-state index contributed by atoms with van der Waals surface area (Å²) < 4.78 is 46.7. The van der Waals surface area contributed by atoms with Gasteiger partial charge in [0.25, 0.3) is 5.56 Å². The molecule has 7 nitrogen and oxygen atoms in total. The van der Waals surface area contributed by atoms with E-state index in [0.29, 0.717) is 11.3 Å². The molecule has 1 amide bonds. The third-order valence-electron chi connectivity index (χ3n) is 6.49. The molecule has 1 aromatic heterocycles. The predicted molar refractivity (Wildman–Crippen MR) is 144 cm³/mol. The SMILES string of the molecule is COc1cc(P)c([C@@H]2CN(c3c(C)cc[nH]c3=O)C(=O)[C@H]2CC(=O)c2ccc(OC(F)(F)F)cc2)c(P)c1. The van der Waals surface area contributed by atoms with Gasteiger partial charge in [-0.15, -0.1) is 31.7 Å². The minimum Gasteiger partial charge on any atom is -0.497 e.